The Morgan fingerprint density at radius 2 is 1.00 bits per heavy atom. The van der Waals surface area contributed by atoms with Gasteiger partial charge in [0.05, 0.1) is 21.5 Å². The number of hydrogen-bond donors (Lipinski definition) is 0. The van der Waals surface area contributed by atoms with Crippen LogP contribution in [-0.2, 0) is 0 Å². The molecule has 0 aromatic heterocycles. The third-order valence-electron chi connectivity index (χ3n) is 1.39. The Balaban J connectivity index is 2.69. The van der Waals surface area contributed by atoms with Crippen LogP contribution < -0.4 is 0 Å². The first-order valence-corrected chi connectivity index (χ1v) is 4.62. The third kappa shape index (κ3) is 1.73. The van der Waals surface area contributed by atoms with E-state index >= 15 is 0 Å². The molecule has 0 N–H and O–H groups in total. The van der Waals surface area contributed by atoms with Crippen molar-refractivity contribution in [2.24, 2.45) is 0 Å². The first-order chi connectivity index (χ1) is 4.63. The maximum absolute atomic E-state index is 5.81. The largest absolute Gasteiger partial charge is 0.119 e. The van der Waals surface area contributed by atoms with E-state index < -0.39 is 0 Å². The lowest BCUT2D eigenvalue weighted by molar-refractivity contribution is 0.759. The fourth-order valence-electron chi connectivity index (χ4n) is 0.776. The summed E-state index contributed by atoms with van der Waals surface area (Å²) in [5.41, 5.74) is 0. The van der Waals surface area contributed by atoms with Gasteiger partial charge in [0.25, 0.3) is 0 Å². The van der Waals surface area contributed by atoms with Gasteiger partial charge >= 0.3 is 0 Å². The van der Waals surface area contributed by atoms with Crippen molar-refractivity contribution in [1.82, 2.24) is 0 Å². The monoisotopic (exact) mass is 218 g/mol. The van der Waals surface area contributed by atoms with Crippen LogP contribution in [0.3, 0.4) is 0 Å². The van der Waals surface area contributed by atoms with Gasteiger partial charge in [-0.15, -0.1) is 46.4 Å². The molecule has 1 rings (SSSR count). The van der Waals surface area contributed by atoms with Crippen molar-refractivity contribution in [2.45, 2.75) is 21.5 Å². The van der Waals surface area contributed by atoms with Gasteiger partial charge in [0.1, 0.15) is 0 Å². The van der Waals surface area contributed by atoms with Crippen LogP contribution in [-0.4, -0.2) is 21.5 Å². The molecule has 0 fully saturated rings. The summed E-state index contributed by atoms with van der Waals surface area (Å²) in [5.74, 6) is 0. The molecule has 4 unspecified atom stereocenters. The molecule has 0 saturated heterocycles. The highest BCUT2D eigenvalue weighted by Crippen LogP contribution is 2.29. The molecule has 0 heterocycles. The Morgan fingerprint density at radius 3 is 1.30 bits per heavy atom. The zero-order valence-electron chi connectivity index (χ0n) is 4.98. The van der Waals surface area contributed by atoms with Crippen molar-refractivity contribution in [3.05, 3.63) is 12.2 Å². The second kappa shape index (κ2) is 3.53. The lowest BCUT2D eigenvalue weighted by atomic mass is 10.1. The van der Waals surface area contributed by atoms with E-state index in [1.54, 1.807) is 12.2 Å². The van der Waals surface area contributed by atoms with Crippen molar-refractivity contribution in [3.8, 4) is 0 Å². The maximum Gasteiger partial charge on any atom is 0.0716 e. The number of allylic oxidation sites excluding steroid dienone is 2. The molecule has 10 heavy (non-hydrogen) atoms. The Kier molecular flexibility index (Phi) is 3.18. The molecule has 0 saturated carbocycles. The standard InChI is InChI=1S/C6H6Cl4/c7-3-1-2-4(8)6(10)5(3)9/h1-6H. The lowest BCUT2D eigenvalue weighted by Gasteiger charge is -2.25. The van der Waals surface area contributed by atoms with Crippen molar-refractivity contribution < 1.29 is 0 Å². The second-order valence-corrected chi connectivity index (χ2v) is 4.18. The zero-order valence-corrected chi connectivity index (χ0v) is 8.00. The van der Waals surface area contributed by atoms with Crippen LogP contribution in [0, 0.1) is 0 Å². The summed E-state index contributed by atoms with van der Waals surface area (Å²) in [6.07, 6.45) is 3.55. The minimum absolute atomic E-state index is 0.195. The molecule has 4 atom stereocenters. The van der Waals surface area contributed by atoms with Crippen LogP contribution in [0.1, 0.15) is 0 Å². The van der Waals surface area contributed by atoms with Gasteiger partial charge < -0.3 is 0 Å². The van der Waals surface area contributed by atoms with Gasteiger partial charge in [0, 0.05) is 0 Å². The second-order valence-electron chi connectivity index (χ2n) is 2.16. The molecule has 0 spiro atoms. The van der Waals surface area contributed by atoms with Gasteiger partial charge in [-0.3, -0.25) is 0 Å². The molecule has 58 valence electrons. The van der Waals surface area contributed by atoms with E-state index in [0.717, 1.165) is 0 Å². The molecule has 1 aliphatic carbocycles. The molecule has 0 aromatic rings. The number of halogens is 4. The summed E-state index contributed by atoms with van der Waals surface area (Å²) in [5, 5.41) is -0.926. The minimum Gasteiger partial charge on any atom is -0.119 e. The van der Waals surface area contributed by atoms with Crippen molar-refractivity contribution in [1.29, 1.82) is 0 Å². The zero-order chi connectivity index (χ0) is 7.72. The van der Waals surface area contributed by atoms with Crippen LogP contribution in [0.5, 0.6) is 0 Å². The van der Waals surface area contributed by atoms with E-state index in [1.165, 1.54) is 0 Å². The fraction of sp³-hybridized carbons (Fsp3) is 0.667. The molecule has 4 heteroatoms. The first-order valence-electron chi connectivity index (χ1n) is 2.87. The number of hydrogen-bond acceptors (Lipinski definition) is 0. The highest BCUT2D eigenvalue weighted by atomic mass is 35.5. The molecule has 1 aliphatic rings. The van der Waals surface area contributed by atoms with E-state index in [0.29, 0.717) is 0 Å². The van der Waals surface area contributed by atoms with Crippen LogP contribution >= 0.6 is 46.4 Å². The van der Waals surface area contributed by atoms with E-state index in [1.807, 2.05) is 0 Å². The highest BCUT2D eigenvalue weighted by molar-refractivity contribution is 6.39. The minimum atomic E-state index is -0.268. The summed E-state index contributed by atoms with van der Waals surface area (Å²) in [6.45, 7) is 0. The summed E-state index contributed by atoms with van der Waals surface area (Å²) >= 11 is 23.2. The Morgan fingerprint density at radius 1 is 0.700 bits per heavy atom. The lowest BCUT2D eigenvalue weighted by Crippen LogP contribution is -2.34. The predicted molar refractivity (Wildman–Crippen MR) is 47.7 cm³/mol. The van der Waals surface area contributed by atoms with E-state index in [-0.39, 0.29) is 21.5 Å². The summed E-state index contributed by atoms with van der Waals surface area (Å²) < 4.78 is 0. The maximum atomic E-state index is 5.81. The molecule has 0 nitrogen and oxygen atoms in total. The molecular weight excluding hydrogens is 214 g/mol. The SMILES string of the molecule is ClC1C=CC(Cl)C(Cl)C1Cl. The highest BCUT2D eigenvalue weighted by Gasteiger charge is 2.31. The summed E-state index contributed by atoms with van der Waals surface area (Å²) in [6, 6.07) is 0. The Labute approximate surface area is 80.1 Å². The van der Waals surface area contributed by atoms with Gasteiger partial charge in [-0.1, -0.05) is 12.2 Å². The topological polar surface area (TPSA) is 0 Å². The molecule has 0 aromatic carbocycles. The molecule has 0 bridgehead atoms. The van der Waals surface area contributed by atoms with Crippen molar-refractivity contribution in [2.75, 3.05) is 0 Å². The van der Waals surface area contributed by atoms with Crippen molar-refractivity contribution >= 4 is 46.4 Å². The third-order valence-corrected chi connectivity index (χ3v) is 3.70. The molecular formula is C6H6Cl4. The smallest absolute Gasteiger partial charge is 0.0716 e. The fourth-order valence-corrected chi connectivity index (χ4v) is 1.89. The number of alkyl halides is 4. The Hall–Kier alpha value is 0.900. The normalized spacial score (nSPS) is 47.6. The quantitative estimate of drug-likeness (QED) is 0.434. The van der Waals surface area contributed by atoms with E-state index in [2.05, 4.69) is 0 Å². The van der Waals surface area contributed by atoms with Crippen LogP contribution in [0.25, 0.3) is 0 Å². The van der Waals surface area contributed by atoms with Gasteiger partial charge in [-0.2, -0.15) is 0 Å². The van der Waals surface area contributed by atoms with Gasteiger partial charge in [0.15, 0.2) is 0 Å². The Bertz CT molecular complexity index is 129. The molecule has 0 radical (unpaired) electrons. The number of rotatable bonds is 0. The van der Waals surface area contributed by atoms with Gasteiger partial charge in [-0.05, 0) is 0 Å². The average Bonchev–Trinajstić information content (AvgIpc) is 1.93. The van der Waals surface area contributed by atoms with E-state index in [4.69, 9.17) is 46.4 Å². The van der Waals surface area contributed by atoms with Crippen LogP contribution in [0.4, 0.5) is 0 Å². The van der Waals surface area contributed by atoms with Gasteiger partial charge in [-0.25, -0.2) is 0 Å². The first kappa shape index (κ1) is 8.99. The van der Waals surface area contributed by atoms with E-state index in [9.17, 15) is 0 Å². The average molecular weight is 220 g/mol. The molecule has 0 amide bonds. The molecule has 0 aliphatic heterocycles. The summed E-state index contributed by atoms with van der Waals surface area (Å²) in [7, 11) is 0. The predicted octanol–water partition coefficient (Wildman–Crippen LogP) is 2.99. The van der Waals surface area contributed by atoms with Crippen LogP contribution in [0.2, 0.25) is 0 Å². The van der Waals surface area contributed by atoms with Crippen molar-refractivity contribution in [3.63, 3.8) is 0 Å². The van der Waals surface area contributed by atoms with Crippen LogP contribution in [0.15, 0.2) is 12.2 Å². The van der Waals surface area contributed by atoms with Gasteiger partial charge in [0.2, 0.25) is 0 Å². The summed E-state index contributed by atoms with van der Waals surface area (Å²) in [4.78, 5) is 0.